The summed E-state index contributed by atoms with van der Waals surface area (Å²) in [6, 6.07) is 11.9. The van der Waals surface area contributed by atoms with Crippen molar-refractivity contribution in [3.8, 4) is 5.69 Å². The highest BCUT2D eigenvalue weighted by Gasteiger charge is 2.47. The normalized spacial score (nSPS) is 17.1. The molecule has 38 heavy (non-hydrogen) atoms. The molecule has 0 spiro atoms. The maximum absolute atomic E-state index is 14.0. The van der Waals surface area contributed by atoms with Crippen LogP contribution in [0.4, 0.5) is 24.7 Å². The van der Waals surface area contributed by atoms with Gasteiger partial charge in [-0.05, 0) is 36.8 Å². The lowest BCUT2D eigenvalue weighted by atomic mass is 9.97. The van der Waals surface area contributed by atoms with Gasteiger partial charge in [0.15, 0.2) is 11.7 Å². The molecule has 2 aromatic carbocycles. The van der Waals surface area contributed by atoms with Gasteiger partial charge in [0.25, 0.3) is 11.5 Å². The quantitative estimate of drug-likeness (QED) is 0.323. The van der Waals surface area contributed by atoms with Crippen molar-refractivity contribution in [2.24, 2.45) is 7.05 Å². The van der Waals surface area contributed by atoms with Crippen LogP contribution in [0.15, 0.2) is 59.4 Å². The zero-order valence-electron chi connectivity index (χ0n) is 20.1. The Morgan fingerprint density at radius 1 is 1.11 bits per heavy atom. The lowest BCUT2D eigenvalue weighted by Crippen LogP contribution is -2.35. The van der Waals surface area contributed by atoms with Gasteiger partial charge in [0.2, 0.25) is 0 Å². The average molecular weight is 565 g/mol. The Labute approximate surface area is 224 Å². The summed E-state index contributed by atoms with van der Waals surface area (Å²) in [4.78, 5) is 26.2. The topological polar surface area (TPSA) is 85.9 Å². The number of alkyl halides is 3. The first-order valence-corrected chi connectivity index (χ1v) is 12.2. The van der Waals surface area contributed by atoms with Crippen molar-refractivity contribution in [3.05, 3.63) is 91.9 Å². The molecule has 1 aliphatic rings. The molecule has 4 aromatic rings. The van der Waals surface area contributed by atoms with E-state index in [2.05, 4.69) is 15.7 Å². The van der Waals surface area contributed by atoms with Crippen LogP contribution in [0, 0.1) is 6.92 Å². The number of benzene rings is 2. The van der Waals surface area contributed by atoms with E-state index >= 15 is 0 Å². The molecule has 2 atom stereocenters. The molecule has 2 aromatic heterocycles. The number of aromatic nitrogens is 4. The van der Waals surface area contributed by atoms with Crippen molar-refractivity contribution in [2.45, 2.75) is 31.6 Å². The standard InChI is InChI=1S/C25H21Cl2F3N6O2/c1-13-22(24(38)36(34(13)2)15-6-4-3-5-7-15)32-23(37)19-12-21-31-18(14-8-9-16(26)17(27)10-14)11-20(25(28,29)30)35(21)33-19/h3-10,12,18,20,31H,11H2,1-2H3,(H,32,37)/t18-,20-/m1/s1. The first-order chi connectivity index (χ1) is 18.0. The number of fused-ring (bicyclic) bond motifs is 1. The van der Waals surface area contributed by atoms with Crippen LogP contribution in [-0.2, 0) is 7.05 Å². The van der Waals surface area contributed by atoms with Gasteiger partial charge in [0.1, 0.15) is 11.5 Å². The number of nitrogens with zero attached hydrogens (tertiary/aromatic N) is 4. The predicted molar refractivity (Wildman–Crippen MR) is 138 cm³/mol. The lowest BCUT2D eigenvalue weighted by molar-refractivity contribution is -0.173. The molecule has 3 heterocycles. The largest absolute Gasteiger partial charge is 0.410 e. The van der Waals surface area contributed by atoms with Crippen molar-refractivity contribution in [2.75, 3.05) is 10.6 Å². The second-order valence-electron chi connectivity index (χ2n) is 8.91. The van der Waals surface area contributed by atoms with Gasteiger partial charge < -0.3 is 10.6 Å². The first kappa shape index (κ1) is 25.9. The summed E-state index contributed by atoms with van der Waals surface area (Å²) in [5, 5.41) is 10.0. The Morgan fingerprint density at radius 2 is 1.82 bits per heavy atom. The number of carbonyl (C=O) groups excluding carboxylic acids is 1. The molecule has 2 N–H and O–H groups in total. The third-order valence-electron chi connectivity index (χ3n) is 6.56. The summed E-state index contributed by atoms with van der Waals surface area (Å²) in [5.41, 5.74) is 0.800. The van der Waals surface area contributed by atoms with Crippen LogP contribution in [0.1, 0.15) is 40.3 Å². The number of nitrogens with one attached hydrogen (secondary N) is 2. The van der Waals surface area contributed by atoms with E-state index in [4.69, 9.17) is 23.2 Å². The van der Waals surface area contributed by atoms with Gasteiger partial charge in [-0.15, -0.1) is 0 Å². The van der Waals surface area contributed by atoms with E-state index in [1.807, 2.05) is 6.07 Å². The maximum atomic E-state index is 14.0. The van der Waals surface area contributed by atoms with E-state index in [1.165, 1.54) is 22.9 Å². The third-order valence-corrected chi connectivity index (χ3v) is 7.30. The molecule has 5 rings (SSSR count). The van der Waals surface area contributed by atoms with E-state index in [9.17, 15) is 22.8 Å². The molecule has 0 bridgehead atoms. The number of amides is 1. The molecule has 198 valence electrons. The average Bonchev–Trinajstić information content (AvgIpc) is 3.40. The number of para-hydroxylation sites is 1. The molecule has 1 amide bonds. The first-order valence-electron chi connectivity index (χ1n) is 11.5. The zero-order chi connectivity index (χ0) is 27.4. The zero-order valence-corrected chi connectivity index (χ0v) is 21.6. The van der Waals surface area contributed by atoms with E-state index in [1.54, 1.807) is 49.0 Å². The van der Waals surface area contributed by atoms with Gasteiger partial charge in [0.05, 0.1) is 27.5 Å². The fourth-order valence-corrected chi connectivity index (χ4v) is 4.83. The van der Waals surface area contributed by atoms with Crippen LogP contribution < -0.4 is 16.2 Å². The molecule has 0 unspecified atom stereocenters. The van der Waals surface area contributed by atoms with Crippen molar-refractivity contribution >= 4 is 40.6 Å². The third kappa shape index (κ3) is 4.56. The Balaban J connectivity index is 1.47. The monoisotopic (exact) mass is 564 g/mol. The summed E-state index contributed by atoms with van der Waals surface area (Å²) in [6.45, 7) is 1.65. The van der Waals surface area contributed by atoms with Gasteiger partial charge in [-0.1, -0.05) is 47.5 Å². The molecule has 13 heteroatoms. The van der Waals surface area contributed by atoms with Gasteiger partial charge in [0, 0.05) is 19.5 Å². The van der Waals surface area contributed by atoms with Gasteiger partial charge in [-0.25, -0.2) is 9.36 Å². The minimum absolute atomic E-state index is 0.00124. The van der Waals surface area contributed by atoms with Crippen LogP contribution in [0.3, 0.4) is 0 Å². The van der Waals surface area contributed by atoms with E-state index < -0.39 is 29.7 Å². The van der Waals surface area contributed by atoms with Crippen LogP contribution >= 0.6 is 23.2 Å². The number of halogens is 5. The fraction of sp³-hybridized carbons (Fsp3) is 0.240. The van der Waals surface area contributed by atoms with Gasteiger partial charge in [-0.2, -0.15) is 18.3 Å². The summed E-state index contributed by atoms with van der Waals surface area (Å²) in [7, 11) is 1.66. The minimum Gasteiger partial charge on any atom is -0.363 e. The Bertz CT molecular complexity index is 1590. The molecule has 0 fully saturated rings. The second-order valence-corrected chi connectivity index (χ2v) is 9.73. The van der Waals surface area contributed by atoms with Crippen LogP contribution in [0.5, 0.6) is 0 Å². The van der Waals surface area contributed by atoms with Crippen LogP contribution in [-0.4, -0.2) is 31.2 Å². The lowest BCUT2D eigenvalue weighted by Gasteiger charge is -2.33. The van der Waals surface area contributed by atoms with Gasteiger partial charge in [-0.3, -0.25) is 14.3 Å². The molecule has 0 saturated carbocycles. The van der Waals surface area contributed by atoms with Crippen LogP contribution in [0.2, 0.25) is 10.0 Å². The van der Waals surface area contributed by atoms with Crippen molar-refractivity contribution in [1.29, 1.82) is 0 Å². The van der Waals surface area contributed by atoms with Crippen molar-refractivity contribution in [3.63, 3.8) is 0 Å². The maximum Gasteiger partial charge on any atom is 0.410 e. The Morgan fingerprint density at radius 3 is 2.47 bits per heavy atom. The predicted octanol–water partition coefficient (Wildman–Crippen LogP) is 5.90. The summed E-state index contributed by atoms with van der Waals surface area (Å²) in [5.74, 6) is -0.807. The van der Waals surface area contributed by atoms with E-state index in [0.717, 1.165) is 4.68 Å². The van der Waals surface area contributed by atoms with Crippen molar-refractivity contribution < 1.29 is 18.0 Å². The highest BCUT2D eigenvalue weighted by atomic mass is 35.5. The summed E-state index contributed by atoms with van der Waals surface area (Å²) in [6.07, 6.45) is -5.01. The number of rotatable bonds is 4. The Kier molecular flexibility index (Phi) is 6.52. The number of hydrogen-bond acceptors (Lipinski definition) is 4. The second kappa shape index (κ2) is 9.55. The molecule has 0 radical (unpaired) electrons. The van der Waals surface area contributed by atoms with E-state index in [0.29, 0.717) is 16.9 Å². The molecule has 0 aliphatic carbocycles. The fourth-order valence-electron chi connectivity index (χ4n) is 4.52. The number of hydrogen-bond donors (Lipinski definition) is 2. The number of anilines is 2. The minimum atomic E-state index is -4.63. The van der Waals surface area contributed by atoms with Gasteiger partial charge >= 0.3 is 6.18 Å². The van der Waals surface area contributed by atoms with Crippen molar-refractivity contribution in [1.82, 2.24) is 19.1 Å². The highest BCUT2D eigenvalue weighted by Crippen LogP contribution is 2.44. The number of carbonyl (C=O) groups is 1. The molecular weight excluding hydrogens is 544 g/mol. The molecule has 0 saturated heterocycles. The van der Waals surface area contributed by atoms with E-state index in [-0.39, 0.29) is 33.7 Å². The summed E-state index contributed by atoms with van der Waals surface area (Å²) < 4.78 is 45.8. The highest BCUT2D eigenvalue weighted by molar-refractivity contribution is 6.42. The Hall–Kier alpha value is -3.70. The molecular formula is C25H21Cl2F3N6O2. The SMILES string of the molecule is Cc1c(NC(=O)c2cc3n(n2)[C@@H](C(F)(F)F)C[C@H](c2ccc(Cl)c(Cl)c2)N3)c(=O)n(-c2ccccc2)n1C. The molecule has 8 nitrogen and oxygen atoms in total. The summed E-state index contributed by atoms with van der Waals surface area (Å²) >= 11 is 12.0. The van der Waals surface area contributed by atoms with Crippen LogP contribution in [0.25, 0.3) is 5.69 Å². The smallest absolute Gasteiger partial charge is 0.363 e. The molecule has 1 aliphatic heterocycles.